The Morgan fingerprint density at radius 3 is 2.78 bits per heavy atom. The molecule has 1 saturated heterocycles. The molecule has 7 heteroatoms. The summed E-state index contributed by atoms with van der Waals surface area (Å²) in [7, 11) is 3.58. The van der Waals surface area contributed by atoms with E-state index in [1.807, 2.05) is 31.3 Å². The van der Waals surface area contributed by atoms with Gasteiger partial charge < -0.3 is 25.2 Å². The summed E-state index contributed by atoms with van der Waals surface area (Å²) >= 11 is 0. The predicted molar refractivity (Wildman–Crippen MR) is 85.1 cm³/mol. The minimum absolute atomic E-state index is 0.102. The summed E-state index contributed by atoms with van der Waals surface area (Å²) < 4.78 is 5.25. The molecule has 0 unspecified atom stereocenters. The van der Waals surface area contributed by atoms with Crippen molar-refractivity contribution < 1.29 is 24.5 Å². The van der Waals surface area contributed by atoms with Gasteiger partial charge in [0.1, 0.15) is 5.75 Å². The van der Waals surface area contributed by atoms with Crippen LogP contribution in [0.3, 0.4) is 0 Å². The van der Waals surface area contributed by atoms with E-state index in [1.165, 1.54) is 0 Å². The average molecular weight is 324 g/mol. The van der Waals surface area contributed by atoms with E-state index in [0.29, 0.717) is 19.5 Å². The molecule has 3 N–H and O–H groups in total. The number of carboxylic acid groups (broad SMARTS) is 1. The van der Waals surface area contributed by atoms with E-state index in [-0.39, 0.29) is 18.3 Å². The number of ether oxygens (including phenoxy) is 1. The van der Waals surface area contributed by atoms with Crippen LogP contribution in [0.4, 0.5) is 0 Å². The monoisotopic (exact) mass is 324 g/mol. The quantitative estimate of drug-likeness (QED) is 0.690. The second-order valence-electron chi connectivity index (χ2n) is 5.36. The molecule has 23 heavy (non-hydrogen) atoms. The molecule has 1 amide bonds. The number of rotatable bonds is 4. The highest BCUT2D eigenvalue weighted by molar-refractivity contribution is 5.79. The van der Waals surface area contributed by atoms with Crippen molar-refractivity contribution in [3.63, 3.8) is 0 Å². The number of amides is 1. The zero-order valence-corrected chi connectivity index (χ0v) is 13.4. The molecule has 1 fully saturated rings. The number of carbonyl (C=O) groups is 2. The van der Waals surface area contributed by atoms with Crippen LogP contribution in [0.2, 0.25) is 0 Å². The van der Waals surface area contributed by atoms with Crippen LogP contribution in [0.15, 0.2) is 24.3 Å². The summed E-state index contributed by atoms with van der Waals surface area (Å²) in [6.07, 6.45) is 0.0901. The third-order valence-electron chi connectivity index (χ3n) is 3.76. The minimum Gasteiger partial charge on any atom is -0.496 e. The molecular formula is C16H24N2O5. The third kappa shape index (κ3) is 5.88. The van der Waals surface area contributed by atoms with Crippen LogP contribution in [-0.2, 0) is 16.1 Å². The first kappa shape index (κ1) is 18.9. The Morgan fingerprint density at radius 1 is 1.48 bits per heavy atom. The van der Waals surface area contributed by atoms with Gasteiger partial charge in [-0.05, 0) is 19.5 Å². The topological polar surface area (TPSA) is 99.1 Å². The fourth-order valence-electron chi connectivity index (χ4n) is 2.52. The highest BCUT2D eigenvalue weighted by Gasteiger charge is 2.31. The first-order chi connectivity index (χ1) is 11.0. The van der Waals surface area contributed by atoms with E-state index in [0.717, 1.165) is 17.9 Å². The molecule has 0 aliphatic carbocycles. The fraction of sp³-hybridized carbons (Fsp3) is 0.500. The van der Waals surface area contributed by atoms with Crippen molar-refractivity contribution in [1.82, 2.24) is 10.2 Å². The van der Waals surface area contributed by atoms with E-state index >= 15 is 0 Å². The molecule has 1 aliphatic heterocycles. The van der Waals surface area contributed by atoms with Gasteiger partial charge in [0.2, 0.25) is 5.91 Å². The molecule has 1 heterocycles. The molecule has 128 valence electrons. The Bertz CT molecular complexity index is 509. The first-order valence-corrected chi connectivity index (χ1v) is 7.37. The summed E-state index contributed by atoms with van der Waals surface area (Å²) in [6.45, 7) is 1.59. The highest BCUT2D eigenvalue weighted by Crippen LogP contribution is 2.19. The van der Waals surface area contributed by atoms with Crippen molar-refractivity contribution in [2.75, 3.05) is 27.2 Å². The second kappa shape index (κ2) is 9.81. The number of aliphatic hydroxyl groups is 1. The van der Waals surface area contributed by atoms with Gasteiger partial charge in [0.25, 0.3) is 6.47 Å². The zero-order valence-electron chi connectivity index (χ0n) is 13.4. The van der Waals surface area contributed by atoms with Crippen molar-refractivity contribution in [3.8, 4) is 5.75 Å². The summed E-state index contributed by atoms with van der Waals surface area (Å²) in [5, 5.41) is 19.7. The highest BCUT2D eigenvalue weighted by atomic mass is 16.5. The van der Waals surface area contributed by atoms with Gasteiger partial charge in [-0.25, -0.2) is 0 Å². The third-order valence-corrected chi connectivity index (χ3v) is 3.76. The lowest BCUT2D eigenvalue weighted by molar-refractivity contribution is -0.131. The molecule has 0 radical (unpaired) electrons. The van der Waals surface area contributed by atoms with Gasteiger partial charge in [0.15, 0.2) is 0 Å². The van der Waals surface area contributed by atoms with Crippen molar-refractivity contribution in [1.29, 1.82) is 0 Å². The van der Waals surface area contributed by atoms with Gasteiger partial charge in [0.05, 0.1) is 19.1 Å². The number of carbonyl (C=O) groups excluding carboxylic acids is 1. The van der Waals surface area contributed by atoms with Gasteiger partial charge in [-0.2, -0.15) is 0 Å². The van der Waals surface area contributed by atoms with Gasteiger partial charge in [0, 0.05) is 25.2 Å². The van der Waals surface area contributed by atoms with Crippen LogP contribution in [0.25, 0.3) is 0 Å². The van der Waals surface area contributed by atoms with Crippen LogP contribution in [-0.4, -0.2) is 60.8 Å². The maximum Gasteiger partial charge on any atom is 0.290 e. The fourth-order valence-corrected chi connectivity index (χ4v) is 2.52. The van der Waals surface area contributed by atoms with Crippen molar-refractivity contribution in [2.45, 2.75) is 19.1 Å². The number of methoxy groups -OCH3 is 1. The van der Waals surface area contributed by atoms with Crippen molar-refractivity contribution in [3.05, 3.63) is 29.8 Å². The largest absolute Gasteiger partial charge is 0.496 e. The molecule has 1 aromatic rings. The van der Waals surface area contributed by atoms with Crippen molar-refractivity contribution >= 4 is 12.4 Å². The standard InChI is InChI=1S/C15H22N2O3.CH2O2/c1-17-8-7-13(18)12(10-17)15(19)16-9-11-5-3-4-6-14(11)20-2;2-1-3/h3-6,12-13,18H,7-10H2,1-2H3,(H,16,19);1H,(H,2,3)/t12-,13-;/m1./s1. The molecule has 0 saturated carbocycles. The first-order valence-electron chi connectivity index (χ1n) is 7.37. The molecule has 0 aromatic heterocycles. The van der Waals surface area contributed by atoms with Gasteiger partial charge >= 0.3 is 0 Å². The lowest BCUT2D eigenvalue weighted by atomic mass is 9.94. The molecule has 2 rings (SSSR count). The number of nitrogens with one attached hydrogen (secondary N) is 1. The van der Waals surface area contributed by atoms with E-state index in [1.54, 1.807) is 7.11 Å². The van der Waals surface area contributed by atoms with Gasteiger partial charge in [-0.15, -0.1) is 0 Å². The Hall–Kier alpha value is -2.12. The van der Waals surface area contributed by atoms with Gasteiger partial charge in [-0.3, -0.25) is 9.59 Å². The summed E-state index contributed by atoms with van der Waals surface area (Å²) in [5.41, 5.74) is 0.932. The Labute approximate surface area is 135 Å². The summed E-state index contributed by atoms with van der Waals surface area (Å²) in [4.78, 5) is 22.6. The lowest BCUT2D eigenvalue weighted by Gasteiger charge is -2.32. The molecule has 7 nitrogen and oxygen atoms in total. The maximum atomic E-state index is 12.2. The van der Waals surface area contributed by atoms with E-state index in [2.05, 4.69) is 10.2 Å². The molecule has 0 bridgehead atoms. The molecule has 0 spiro atoms. The Balaban J connectivity index is 0.000000816. The number of aliphatic hydroxyl groups excluding tert-OH is 1. The number of hydrogen-bond donors (Lipinski definition) is 3. The predicted octanol–water partition coefficient (Wildman–Crippen LogP) is 0.325. The number of nitrogens with zero attached hydrogens (tertiary/aromatic N) is 1. The second-order valence-corrected chi connectivity index (χ2v) is 5.36. The SMILES string of the molecule is COc1ccccc1CNC(=O)[C@@H]1CN(C)CC[C@H]1O.O=CO. The molecule has 2 atom stereocenters. The van der Waals surface area contributed by atoms with Crippen molar-refractivity contribution in [2.24, 2.45) is 5.92 Å². The molecular weight excluding hydrogens is 300 g/mol. The smallest absolute Gasteiger partial charge is 0.290 e. The summed E-state index contributed by atoms with van der Waals surface area (Å²) in [6, 6.07) is 7.59. The summed E-state index contributed by atoms with van der Waals surface area (Å²) in [5.74, 6) is 0.299. The van der Waals surface area contributed by atoms with Crippen LogP contribution in [0.1, 0.15) is 12.0 Å². The zero-order chi connectivity index (χ0) is 17.2. The molecule has 1 aromatic carbocycles. The van der Waals surface area contributed by atoms with Crippen LogP contribution < -0.4 is 10.1 Å². The minimum atomic E-state index is -0.552. The van der Waals surface area contributed by atoms with E-state index < -0.39 is 6.10 Å². The van der Waals surface area contributed by atoms with Crippen LogP contribution >= 0.6 is 0 Å². The molecule has 1 aliphatic rings. The van der Waals surface area contributed by atoms with Gasteiger partial charge in [-0.1, -0.05) is 18.2 Å². The van der Waals surface area contributed by atoms with Crippen LogP contribution in [0.5, 0.6) is 5.75 Å². The lowest BCUT2D eigenvalue weighted by Crippen LogP contribution is -2.48. The normalized spacial score (nSPS) is 20.8. The number of hydrogen-bond acceptors (Lipinski definition) is 5. The number of piperidine rings is 1. The average Bonchev–Trinajstić information content (AvgIpc) is 2.55. The number of likely N-dealkylation sites (tertiary alicyclic amines) is 1. The van der Waals surface area contributed by atoms with E-state index in [9.17, 15) is 9.90 Å². The Kier molecular flexibility index (Phi) is 8.07. The van der Waals surface area contributed by atoms with E-state index in [4.69, 9.17) is 14.6 Å². The Morgan fingerprint density at radius 2 is 2.13 bits per heavy atom. The van der Waals surface area contributed by atoms with Crippen LogP contribution in [0, 0.1) is 5.92 Å². The maximum absolute atomic E-state index is 12.2. The number of benzene rings is 1. The number of para-hydroxylation sites is 1.